The number of guanidine groups is 1. The first-order valence-corrected chi connectivity index (χ1v) is 9.63. The van der Waals surface area contributed by atoms with E-state index in [1.165, 1.54) is 11.1 Å². The van der Waals surface area contributed by atoms with Gasteiger partial charge in [0.2, 0.25) is 0 Å². The van der Waals surface area contributed by atoms with Gasteiger partial charge in [-0.15, -0.1) is 24.0 Å². The molecule has 2 aromatic carbocycles. The summed E-state index contributed by atoms with van der Waals surface area (Å²) in [6.45, 7) is 8.16. The van der Waals surface area contributed by atoms with Crippen LogP contribution in [0.3, 0.4) is 0 Å². The molecule has 0 saturated heterocycles. The summed E-state index contributed by atoms with van der Waals surface area (Å²) in [6.07, 6.45) is 0. The molecule has 6 nitrogen and oxygen atoms in total. The van der Waals surface area contributed by atoms with E-state index >= 15 is 0 Å². The Morgan fingerprint density at radius 1 is 0.966 bits per heavy atom. The van der Waals surface area contributed by atoms with E-state index in [2.05, 4.69) is 58.6 Å². The van der Waals surface area contributed by atoms with Crippen molar-refractivity contribution < 1.29 is 9.47 Å². The molecule has 0 bridgehead atoms. The summed E-state index contributed by atoms with van der Waals surface area (Å²) in [5, 5.41) is 6.65. The number of ether oxygens (including phenoxy) is 2. The molecule has 0 spiro atoms. The molecule has 160 valence electrons. The van der Waals surface area contributed by atoms with Crippen LogP contribution in [0.4, 0.5) is 5.69 Å². The van der Waals surface area contributed by atoms with Crippen molar-refractivity contribution in [2.45, 2.75) is 26.9 Å². The van der Waals surface area contributed by atoms with Crippen LogP contribution in [0.15, 0.2) is 47.5 Å². The normalized spacial score (nSPS) is 11.0. The van der Waals surface area contributed by atoms with Crippen LogP contribution in [-0.2, 0) is 13.1 Å². The Morgan fingerprint density at radius 2 is 1.66 bits per heavy atom. The number of anilines is 1. The number of benzene rings is 2. The summed E-state index contributed by atoms with van der Waals surface area (Å²) >= 11 is 0. The molecule has 0 aliphatic rings. The summed E-state index contributed by atoms with van der Waals surface area (Å²) in [4.78, 5) is 6.71. The second-order valence-electron chi connectivity index (χ2n) is 6.40. The second kappa shape index (κ2) is 13.3. The molecule has 2 rings (SSSR count). The molecule has 0 radical (unpaired) electrons. The number of halogens is 1. The smallest absolute Gasteiger partial charge is 0.195 e. The van der Waals surface area contributed by atoms with Gasteiger partial charge in [-0.3, -0.25) is 9.89 Å². The molecular weight excluding hydrogens is 479 g/mol. The zero-order valence-electron chi connectivity index (χ0n) is 18.0. The highest BCUT2D eigenvalue weighted by Crippen LogP contribution is 2.29. The van der Waals surface area contributed by atoms with Gasteiger partial charge < -0.3 is 20.1 Å². The molecule has 0 saturated carbocycles. The van der Waals surface area contributed by atoms with Crippen molar-refractivity contribution in [2.75, 3.05) is 39.7 Å². The monoisotopic (exact) mass is 512 g/mol. The highest BCUT2D eigenvalue weighted by molar-refractivity contribution is 14.0. The van der Waals surface area contributed by atoms with Gasteiger partial charge in [-0.2, -0.15) is 0 Å². The lowest BCUT2D eigenvalue weighted by atomic mass is 10.1. The minimum absolute atomic E-state index is 0. The number of methoxy groups -OCH3 is 2. The molecule has 0 atom stereocenters. The topological polar surface area (TPSA) is 58.1 Å². The molecule has 2 N–H and O–H groups in total. The van der Waals surface area contributed by atoms with Crippen molar-refractivity contribution in [1.82, 2.24) is 10.2 Å². The Hall–Kier alpha value is -2.00. The molecular formula is C22H33IN4O2. The fraction of sp³-hybridized carbons (Fsp3) is 0.409. The summed E-state index contributed by atoms with van der Waals surface area (Å²) in [7, 11) is 5.01. The number of hydrogen-bond donors (Lipinski definition) is 2. The van der Waals surface area contributed by atoms with E-state index in [1.807, 2.05) is 18.2 Å². The number of hydrogen-bond acceptors (Lipinski definition) is 4. The predicted octanol–water partition coefficient (Wildman–Crippen LogP) is 4.35. The summed E-state index contributed by atoms with van der Waals surface area (Å²) in [5.41, 5.74) is 3.42. The van der Waals surface area contributed by atoms with Crippen molar-refractivity contribution >= 4 is 35.6 Å². The zero-order chi connectivity index (χ0) is 20.4. The van der Waals surface area contributed by atoms with Gasteiger partial charge in [-0.25, -0.2) is 0 Å². The maximum atomic E-state index is 5.36. The van der Waals surface area contributed by atoms with Crippen LogP contribution in [0.1, 0.15) is 25.0 Å². The third kappa shape index (κ3) is 7.74. The van der Waals surface area contributed by atoms with Gasteiger partial charge >= 0.3 is 0 Å². The van der Waals surface area contributed by atoms with Crippen molar-refractivity contribution in [3.05, 3.63) is 53.6 Å². The molecule has 0 aliphatic carbocycles. The SMILES string of the molecule is CCN(CC)Cc1cccc(CNC(=NC)Nc2ccc(OC)c(OC)c2)c1.I. The van der Waals surface area contributed by atoms with E-state index < -0.39 is 0 Å². The van der Waals surface area contributed by atoms with E-state index in [9.17, 15) is 0 Å². The summed E-state index contributed by atoms with van der Waals surface area (Å²) in [5.74, 6) is 2.06. The second-order valence-corrected chi connectivity index (χ2v) is 6.40. The van der Waals surface area contributed by atoms with Crippen LogP contribution in [0.5, 0.6) is 11.5 Å². The molecule has 0 heterocycles. The molecule has 0 fully saturated rings. The lowest BCUT2D eigenvalue weighted by Gasteiger charge is -2.18. The van der Waals surface area contributed by atoms with Gasteiger partial charge in [0.25, 0.3) is 0 Å². The molecule has 7 heteroatoms. The number of nitrogens with one attached hydrogen (secondary N) is 2. The number of aliphatic imine (C=N–C) groups is 1. The maximum absolute atomic E-state index is 5.36. The molecule has 29 heavy (non-hydrogen) atoms. The van der Waals surface area contributed by atoms with Crippen LogP contribution >= 0.6 is 24.0 Å². The van der Waals surface area contributed by atoms with Gasteiger partial charge in [0.15, 0.2) is 17.5 Å². The lowest BCUT2D eigenvalue weighted by Crippen LogP contribution is -2.30. The first-order chi connectivity index (χ1) is 13.6. The number of nitrogens with zero attached hydrogens (tertiary/aromatic N) is 2. The van der Waals surface area contributed by atoms with Crippen LogP contribution in [0.25, 0.3) is 0 Å². The van der Waals surface area contributed by atoms with Crippen molar-refractivity contribution in [3.8, 4) is 11.5 Å². The maximum Gasteiger partial charge on any atom is 0.195 e. The Balaban J connectivity index is 0.00000420. The first-order valence-electron chi connectivity index (χ1n) is 9.63. The lowest BCUT2D eigenvalue weighted by molar-refractivity contribution is 0.296. The van der Waals surface area contributed by atoms with Gasteiger partial charge in [0, 0.05) is 31.9 Å². The van der Waals surface area contributed by atoms with Crippen LogP contribution in [-0.4, -0.2) is 45.2 Å². The van der Waals surface area contributed by atoms with Crippen molar-refractivity contribution in [1.29, 1.82) is 0 Å². The molecule has 2 aromatic rings. The average Bonchev–Trinajstić information content (AvgIpc) is 2.74. The predicted molar refractivity (Wildman–Crippen MR) is 132 cm³/mol. The van der Waals surface area contributed by atoms with E-state index in [-0.39, 0.29) is 24.0 Å². The standard InChI is InChI=1S/C22H32N4O2.HI/c1-6-26(7-2)16-18-10-8-9-17(13-18)15-24-22(23-3)25-19-11-12-20(27-4)21(14-19)28-5;/h8-14H,6-7,15-16H2,1-5H3,(H2,23,24,25);1H. The largest absolute Gasteiger partial charge is 0.493 e. The zero-order valence-corrected chi connectivity index (χ0v) is 20.3. The Bertz CT molecular complexity index is 779. The van der Waals surface area contributed by atoms with E-state index in [1.54, 1.807) is 21.3 Å². The van der Waals surface area contributed by atoms with Crippen molar-refractivity contribution in [3.63, 3.8) is 0 Å². The first kappa shape index (κ1) is 25.0. The molecule has 0 aromatic heterocycles. The third-order valence-corrected chi connectivity index (χ3v) is 4.62. The molecule has 0 amide bonds. The van der Waals surface area contributed by atoms with Gasteiger partial charge in [-0.05, 0) is 36.3 Å². The van der Waals surface area contributed by atoms with Gasteiger partial charge in [0.05, 0.1) is 14.2 Å². The van der Waals surface area contributed by atoms with Crippen LogP contribution in [0.2, 0.25) is 0 Å². The Labute approximate surface area is 191 Å². The minimum atomic E-state index is 0. The van der Waals surface area contributed by atoms with Gasteiger partial charge in [0.1, 0.15) is 0 Å². The fourth-order valence-electron chi connectivity index (χ4n) is 2.96. The van der Waals surface area contributed by atoms with Crippen molar-refractivity contribution in [2.24, 2.45) is 4.99 Å². The highest BCUT2D eigenvalue weighted by Gasteiger charge is 2.07. The van der Waals surface area contributed by atoms with Crippen LogP contribution in [0, 0.1) is 0 Å². The number of rotatable bonds is 9. The Kier molecular flexibility index (Phi) is 11.5. The van der Waals surface area contributed by atoms with E-state index in [0.717, 1.165) is 25.3 Å². The van der Waals surface area contributed by atoms with Gasteiger partial charge in [-0.1, -0.05) is 38.1 Å². The van der Waals surface area contributed by atoms with Crippen LogP contribution < -0.4 is 20.1 Å². The summed E-state index contributed by atoms with van der Waals surface area (Å²) in [6, 6.07) is 14.3. The van der Waals surface area contributed by atoms with E-state index in [0.29, 0.717) is 24.0 Å². The third-order valence-electron chi connectivity index (χ3n) is 4.62. The Morgan fingerprint density at radius 3 is 2.28 bits per heavy atom. The molecule has 0 unspecified atom stereocenters. The molecule has 0 aliphatic heterocycles. The fourth-order valence-corrected chi connectivity index (χ4v) is 2.96. The summed E-state index contributed by atoms with van der Waals surface area (Å²) < 4.78 is 10.6. The quantitative estimate of drug-likeness (QED) is 0.297. The van der Waals surface area contributed by atoms with E-state index in [4.69, 9.17) is 9.47 Å². The average molecular weight is 512 g/mol. The minimum Gasteiger partial charge on any atom is -0.493 e. The highest BCUT2D eigenvalue weighted by atomic mass is 127.